The van der Waals surface area contributed by atoms with Crippen LogP contribution in [0.5, 0.6) is 0 Å². The van der Waals surface area contributed by atoms with Crippen molar-refractivity contribution in [2.45, 2.75) is 19.4 Å². The van der Waals surface area contributed by atoms with Crippen molar-refractivity contribution >= 4 is 21.8 Å². The summed E-state index contributed by atoms with van der Waals surface area (Å²) in [5.41, 5.74) is 0.567. The molecule has 0 bridgehead atoms. The Bertz CT molecular complexity index is 527. The van der Waals surface area contributed by atoms with E-state index in [4.69, 9.17) is 0 Å². The maximum atomic E-state index is 11.9. The fourth-order valence-corrected chi connectivity index (χ4v) is 2.12. The minimum Gasteiger partial charge on any atom is -0.352 e. The smallest absolute Gasteiger partial charge is 0.254 e. The Kier molecular flexibility index (Phi) is 5.09. The molecule has 0 fully saturated rings. The number of carbonyl (C=O) groups is 1. The zero-order valence-electron chi connectivity index (χ0n) is 10.4. The molecule has 2 heterocycles. The van der Waals surface area contributed by atoms with Crippen LogP contribution in [0.2, 0.25) is 0 Å². The van der Waals surface area contributed by atoms with Crippen LogP contribution in [0.25, 0.3) is 0 Å². The van der Waals surface area contributed by atoms with Crippen molar-refractivity contribution < 1.29 is 4.79 Å². The molecule has 0 spiro atoms. The van der Waals surface area contributed by atoms with E-state index in [-0.39, 0.29) is 5.91 Å². The number of hydrogen-bond acceptors (Lipinski definition) is 3. The molecule has 0 unspecified atom stereocenters. The molecule has 6 heteroatoms. The van der Waals surface area contributed by atoms with E-state index in [2.05, 4.69) is 31.2 Å². The SMILES string of the molecule is O=C(NCCCCn1ccnc1)c1cccnc1Br. The summed E-state index contributed by atoms with van der Waals surface area (Å²) in [6.45, 7) is 1.58. The fraction of sp³-hybridized carbons (Fsp3) is 0.308. The molecule has 1 N–H and O–H groups in total. The Morgan fingerprint density at radius 3 is 3.00 bits per heavy atom. The van der Waals surface area contributed by atoms with Gasteiger partial charge in [0.05, 0.1) is 11.9 Å². The molecule has 2 aromatic heterocycles. The van der Waals surface area contributed by atoms with Gasteiger partial charge in [-0.1, -0.05) is 0 Å². The normalized spacial score (nSPS) is 10.4. The van der Waals surface area contributed by atoms with Crippen LogP contribution in [0.1, 0.15) is 23.2 Å². The van der Waals surface area contributed by atoms with Gasteiger partial charge in [0, 0.05) is 31.7 Å². The Balaban J connectivity index is 1.68. The fourth-order valence-electron chi connectivity index (χ4n) is 1.69. The van der Waals surface area contributed by atoms with Crippen LogP contribution in [0, 0.1) is 0 Å². The predicted molar refractivity (Wildman–Crippen MR) is 75.7 cm³/mol. The third-order valence-corrected chi connectivity index (χ3v) is 3.32. The number of nitrogens with zero attached hydrogens (tertiary/aromatic N) is 3. The van der Waals surface area contributed by atoms with Crippen LogP contribution in [-0.2, 0) is 6.54 Å². The molecule has 0 saturated heterocycles. The molecule has 1 amide bonds. The minimum atomic E-state index is -0.0948. The van der Waals surface area contributed by atoms with Gasteiger partial charge in [-0.2, -0.15) is 0 Å². The van der Waals surface area contributed by atoms with Crippen molar-refractivity contribution in [1.29, 1.82) is 0 Å². The van der Waals surface area contributed by atoms with Crippen molar-refractivity contribution in [1.82, 2.24) is 19.9 Å². The summed E-state index contributed by atoms with van der Waals surface area (Å²) in [5.74, 6) is -0.0948. The minimum absolute atomic E-state index is 0.0948. The van der Waals surface area contributed by atoms with Crippen molar-refractivity contribution in [2.24, 2.45) is 0 Å². The second-order valence-electron chi connectivity index (χ2n) is 4.11. The molecule has 19 heavy (non-hydrogen) atoms. The Morgan fingerprint density at radius 1 is 1.37 bits per heavy atom. The molecule has 0 atom stereocenters. The van der Waals surface area contributed by atoms with Crippen LogP contribution < -0.4 is 5.32 Å². The lowest BCUT2D eigenvalue weighted by molar-refractivity contribution is 0.0951. The third kappa shape index (κ3) is 4.17. The van der Waals surface area contributed by atoms with Gasteiger partial charge >= 0.3 is 0 Å². The number of pyridine rings is 1. The van der Waals surface area contributed by atoms with Crippen LogP contribution in [0.3, 0.4) is 0 Å². The quantitative estimate of drug-likeness (QED) is 0.655. The van der Waals surface area contributed by atoms with Crippen molar-refractivity contribution in [3.8, 4) is 0 Å². The van der Waals surface area contributed by atoms with Crippen LogP contribution >= 0.6 is 15.9 Å². The molecular weight excluding hydrogens is 308 g/mol. The van der Waals surface area contributed by atoms with E-state index < -0.39 is 0 Å². The molecule has 0 aliphatic rings. The Hall–Kier alpha value is -1.69. The number of unbranched alkanes of at least 4 members (excludes halogenated alkanes) is 1. The lowest BCUT2D eigenvalue weighted by Gasteiger charge is -2.06. The maximum absolute atomic E-state index is 11.9. The summed E-state index contributed by atoms with van der Waals surface area (Å²) in [7, 11) is 0. The van der Waals surface area contributed by atoms with E-state index in [0.29, 0.717) is 16.7 Å². The molecule has 0 aliphatic carbocycles. The Labute approximate surface area is 120 Å². The van der Waals surface area contributed by atoms with Gasteiger partial charge in [0.15, 0.2) is 0 Å². The lowest BCUT2D eigenvalue weighted by atomic mass is 10.2. The average molecular weight is 323 g/mol. The molecule has 2 rings (SSSR count). The van der Waals surface area contributed by atoms with Crippen molar-refractivity contribution in [3.05, 3.63) is 47.2 Å². The van der Waals surface area contributed by atoms with E-state index in [9.17, 15) is 4.79 Å². The van der Waals surface area contributed by atoms with Gasteiger partial charge < -0.3 is 9.88 Å². The first-order valence-electron chi connectivity index (χ1n) is 6.12. The highest BCUT2D eigenvalue weighted by molar-refractivity contribution is 9.10. The highest BCUT2D eigenvalue weighted by Gasteiger charge is 2.08. The van der Waals surface area contributed by atoms with Crippen LogP contribution in [-0.4, -0.2) is 27.0 Å². The highest BCUT2D eigenvalue weighted by Crippen LogP contribution is 2.11. The van der Waals surface area contributed by atoms with Gasteiger partial charge in [-0.05, 0) is 40.9 Å². The van der Waals surface area contributed by atoms with Gasteiger partial charge in [-0.25, -0.2) is 9.97 Å². The monoisotopic (exact) mass is 322 g/mol. The van der Waals surface area contributed by atoms with Crippen molar-refractivity contribution in [3.63, 3.8) is 0 Å². The van der Waals surface area contributed by atoms with Crippen LogP contribution in [0.15, 0.2) is 41.7 Å². The summed E-state index contributed by atoms with van der Waals surface area (Å²) < 4.78 is 2.60. The summed E-state index contributed by atoms with van der Waals surface area (Å²) in [6.07, 6.45) is 9.08. The number of aryl methyl sites for hydroxylation is 1. The topological polar surface area (TPSA) is 59.8 Å². The molecule has 0 saturated carbocycles. The standard InChI is InChI=1S/C13H15BrN4O/c14-12-11(4-3-6-16-12)13(19)17-5-1-2-8-18-9-7-15-10-18/h3-4,6-7,9-10H,1-2,5,8H2,(H,17,19). The zero-order valence-corrected chi connectivity index (χ0v) is 12.0. The third-order valence-electron chi connectivity index (χ3n) is 2.69. The summed E-state index contributed by atoms with van der Waals surface area (Å²) >= 11 is 3.26. The van der Waals surface area contributed by atoms with E-state index in [1.165, 1.54) is 0 Å². The molecule has 0 aromatic carbocycles. The molecule has 0 aliphatic heterocycles. The summed E-state index contributed by atoms with van der Waals surface area (Å²) in [5, 5.41) is 2.89. The second kappa shape index (κ2) is 7.04. The number of aromatic nitrogens is 3. The first kappa shape index (κ1) is 13.7. The number of halogens is 1. The number of carbonyl (C=O) groups excluding carboxylic acids is 1. The number of nitrogens with one attached hydrogen (secondary N) is 1. The zero-order chi connectivity index (χ0) is 13.5. The van der Waals surface area contributed by atoms with E-state index in [1.54, 1.807) is 30.9 Å². The maximum Gasteiger partial charge on any atom is 0.254 e. The predicted octanol–water partition coefficient (Wildman–Crippen LogP) is 2.25. The number of amides is 1. The first-order valence-corrected chi connectivity index (χ1v) is 6.91. The highest BCUT2D eigenvalue weighted by atomic mass is 79.9. The molecule has 100 valence electrons. The summed E-state index contributed by atoms with van der Waals surface area (Å²) in [6, 6.07) is 3.50. The van der Waals surface area contributed by atoms with Gasteiger partial charge in [0.2, 0.25) is 0 Å². The largest absolute Gasteiger partial charge is 0.352 e. The van der Waals surface area contributed by atoms with Crippen LogP contribution in [0.4, 0.5) is 0 Å². The average Bonchev–Trinajstić information content (AvgIpc) is 2.92. The molecule has 2 aromatic rings. The van der Waals surface area contributed by atoms with E-state index in [0.717, 1.165) is 19.4 Å². The lowest BCUT2D eigenvalue weighted by Crippen LogP contribution is -2.25. The number of rotatable bonds is 6. The number of hydrogen-bond donors (Lipinski definition) is 1. The number of imidazole rings is 1. The molecule has 0 radical (unpaired) electrons. The van der Waals surface area contributed by atoms with E-state index in [1.807, 2.05) is 10.8 Å². The van der Waals surface area contributed by atoms with Gasteiger partial charge in [0.25, 0.3) is 5.91 Å². The summed E-state index contributed by atoms with van der Waals surface area (Å²) in [4.78, 5) is 19.9. The van der Waals surface area contributed by atoms with E-state index >= 15 is 0 Å². The van der Waals surface area contributed by atoms with Gasteiger partial charge in [-0.15, -0.1) is 0 Å². The van der Waals surface area contributed by atoms with Crippen molar-refractivity contribution in [2.75, 3.05) is 6.54 Å². The molecule has 5 nitrogen and oxygen atoms in total. The molecular formula is C13H15BrN4O. The second-order valence-corrected chi connectivity index (χ2v) is 4.86. The Morgan fingerprint density at radius 2 is 2.26 bits per heavy atom. The van der Waals surface area contributed by atoms with Gasteiger partial charge in [-0.3, -0.25) is 4.79 Å². The van der Waals surface area contributed by atoms with Gasteiger partial charge in [0.1, 0.15) is 4.60 Å². The first-order chi connectivity index (χ1) is 9.27.